The van der Waals surface area contributed by atoms with Gasteiger partial charge in [-0.2, -0.15) is 9.97 Å². The van der Waals surface area contributed by atoms with E-state index in [-0.39, 0.29) is 0 Å². The van der Waals surface area contributed by atoms with Crippen LogP contribution in [0.4, 0.5) is 11.8 Å². The minimum absolute atomic E-state index is 0.385. The zero-order valence-corrected chi connectivity index (χ0v) is 13.8. The zero-order chi connectivity index (χ0) is 15.5. The molecule has 3 N–H and O–H groups in total. The summed E-state index contributed by atoms with van der Waals surface area (Å²) in [6, 6.07) is 10.2. The summed E-state index contributed by atoms with van der Waals surface area (Å²) in [7, 11) is 0. The van der Waals surface area contributed by atoms with Crippen LogP contribution < -0.4 is 11.1 Å². The molecule has 0 unspecified atom stereocenters. The number of nitrogen functional groups attached to an aromatic ring is 1. The van der Waals surface area contributed by atoms with Crippen molar-refractivity contribution in [2.75, 3.05) is 17.6 Å². The van der Waals surface area contributed by atoms with Crippen molar-refractivity contribution in [3.8, 4) is 0 Å². The molecule has 0 aliphatic carbocycles. The van der Waals surface area contributed by atoms with E-state index in [2.05, 4.69) is 55.3 Å². The topological polar surface area (TPSA) is 81.6 Å². The molecule has 22 heavy (non-hydrogen) atoms. The standard InChI is InChI=1S/C15H17BrN6/c1-2-8-18-15-20-12(17)11-13(21-15)22(14(16)19-11)9-10-6-4-3-5-7-10/h3-7H,2,8-9H2,1H3,(H3,17,18,20,21). The number of nitrogens with two attached hydrogens (primary N) is 1. The van der Waals surface area contributed by atoms with Crippen LogP contribution in [-0.4, -0.2) is 26.1 Å². The molecule has 0 radical (unpaired) electrons. The number of imidazole rings is 1. The van der Waals surface area contributed by atoms with Gasteiger partial charge in [0.1, 0.15) is 0 Å². The number of hydrogen-bond donors (Lipinski definition) is 2. The quantitative estimate of drug-likeness (QED) is 0.683. The molecule has 0 bridgehead atoms. The van der Waals surface area contributed by atoms with Crippen molar-refractivity contribution in [2.45, 2.75) is 19.9 Å². The Morgan fingerprint density at radius 1 is 1.18 bits per heavy atom. The van der Waals surface area contributed by atoms with E-state index in [0.717, 1.165) is 18.6 Å². The second-order valence-electron chi connectivity index (χ2n) is 4.98. The van der Waals surface area contributed by atoms with Gasteiger partial charge >= 0.3 is 0 Å². The van der Waals surface area contributed by atoms with Gasteiger partial charge < -0.3 is 11.1 Å². The number of hydrogen-bond acceptors (Lipinski definition) is 5. The van der Waals surface area contributed by atoms with Crippen LogP contribution in [-0.2, 0) is 6.54 Å². The van der Waals surface area contributed by atoms with Gasteiger partial charge in [0.15, 0.2) is 21.7 Å². The molecule has 2 aromatic heterocycles. The van der Waals surface area contributed by atoms with E-state index >= 15 is 0 Å². The molecule has 3 rings (SSSR count). The van der Waals surface area contributed by atoms with Crippen molar-refractivity contribution in [3.63, 3.8) is 0 Å². The normalized spacial score (nSPS) is 11.0. The maximum atomic E-state index is 6.02. The van der Waals surface area contributed by atoms with Crippen LogP contribution in [0, 0.1) is 0 Å². The first kappa shape index (κ1) is 14.8. The van der Waals surface area contributed by atoms with Gasteiger partial charge in [0.2, 0.25) is 5.95 Å². The number of fused-ring (bicyclic) bond motifs is 1. The van der Waals surface area contributed by atoms with Crippen LogP contribution in [0.1, 0.15) is 18.9 Å². The maximum Gasteiger partial charge on any atom is 0.226 e. The summed E-state index contributed by atoms with van der Waals surface area (Å²) >= 11 is 3.49. The molecule has 0 spiro atoms. The van der Waals surface area contributed by atoms with Gasteiger partial charge in [-0.15, -0.1) is 0 Å². The Morgan fingerprint density at radius 2 is 1.95 bits per heavy atom. The summed E-state index contributed by atoms with van der Waals surface area (Å²) in [5.41, 5.74) is 8.53. The lowest BCUT2D eigenvalue weighted by molar-refractivity contribution is 0.790. The Hall–Kier alpha value is -2.15. The Bertz CT molecular complexity index is 784. The summed E-state index contributed by atoms with van der Waals surface area (Å²) < 4.78 is 2.68. The summed E-state index contributed by atoms with van der Waals surface area (Å²) in [4.78, 5) is 13.3. The zero-order valence-electron chi connectivity index (χ0n) is 12.3. The highest BCUT2D eigenvalue weighted by Gasteiger charge is 2.15. The number of nitrogens with zero attached hydrogens (tertiary/aromatic N) is 4. The highest BCUT2D eigenvalue weighted by Crippen LogP contribution is 2.24. The van der Waals surface area contributed by atoms with Crippen LogP contribution >= 0.6 is 15.9 Å². The van der Waals surface area contributed by atoms with Crippen molar-refractivity contribution in [1.82, 2.24) is 19.5 Å². The Balaban J connectivity index is 2.05. The number of benzene rings is 1. The van der Waals surface area contributed by atoms with Crippen molar-refractivity contribution < 1.29 is 0 Å². The van der Waals surface area contributed by atoms with Crippen molar-refractivity contribution in [1.29, 1.82) is 0 Å². The van der Waals surface area contributed by atoms with Gasteiger partial charge in [0.05, 0.1) is 6.54 Å². The molecule has 0 saturated heterocycles. The number of rotatable bonds is 5. The van der Waals surface area contributed by atoms with Gasteiger partial charge in [0.25, 0.3) is 0 Å². The van der Waals surface area contributed by atoms with E-state index in [9.17, 15) is 0 Å². The smallest absolute Gasteiger partial charge is 0.226 e. The predicted octanol–water partition coefficient (Wildman–Crippen LogP) is 3.04. The predicted molar refractivity (Wildman–Crippen MR) is 91.8 cm³/mol. The monoisotopic (exact) mass is 360 g/mol. The molecule has 114 valence electrons. The van der Waals surface area contributed by atoms with Gasteiger partial charge in [0, 0.05) is 6.54 Å². The maximum absolute atomic E-state index is 6.02. The van der Waals surface area contributed by atoms with E-state index in [0.29, 0.717) is 28.6 Å². The van der Waals surface area contributed by atoms with Gasteiger partial charge in [-0.05, 0) is 27.9 Å². The van der Waals surface area contributed by atoms with E-state index < -0.39 is 0 Å². The van der Waals surface area contributed by atoms with Crippen LogP contribution in [0.15, 0.2) is 35.1 Å². The van der Waals surface area contributed by atoms with Crippen LogP contribution in [0.2, 0.25) is 0 Å². The average molecular weight is 361 g/mol. The van der Waals surface area contributed by atoms with Gasteiger partial charge in [-0.3, -0.25) is 4.57 Å². The minimum atomic E-state index is 0.385. The number of anilines is 2. The second kappa shape index (κ2) is 6.31. The molecule has 0 amide bonds. The van der Waals surface area contributed by atoms with Crippen molar-refractivity contribution in [2.24, 2.45) is 0 Å². The Kier molecular flexibility index (Phi) is 4.24. The van der Waals surface area contributed by atoms with E-state index in [4.69, 9.17) is 5.73 Å². The molecular formula is C15H17BrN6. The SMILES string of the molecule is CCCNc1nc(N)c2nc(Br)n(Cc3ccccc3)c2n1. The molecule has 0 saturated carbocycles. The van der Waals surface area contributed by atoms with Gasteiger partial charge in [-0.25, -0.2) is 4.98 Å². The molecule has 7 heteroatoms. The molecule has 6 nitrogen and oxygen atoms in total. The molecule has 0 aliphatic heterocycles. The second-order valence-corrected chi connectivity index (χ2v) is 5.69. The van der Waals surface area contributed by atoms with Crippen molar-refractivity contribution >= 4 is 38.9 Å². The van der Waals surface area contributed by atoms with Crippen LogP contribution in [0.25, 0.3) is 11.2 Å². The van der Waals surface area contributed by atoms with Crippen LogP contribution in [0.5, 0.6) is 0 Å². The van der Waals surface area contributed by atoms with Crippen molar-refractivity contribution in [3.05, 3.63) is 40.6 Å². The molecule has 2 heterocycles. The molecule has 0 atom stereocenters. The number of aromatic nitrogens is 4. The molecular weight excluding hydrogens is 344 g/mol. The fraction of sp³-hybridized carbons (Fsp3) is 0.267. The lowest BCUT2D eigenvalue weighted by Gasteiger charge is -2.08. The van der Waals surface area contributed by atoms with E-state index in [1.807, 2.05) is 22.8 Å². The fourth-order valence-corrected chi connectivity index (χ4v) is 2.69. The Labute approximate surface area is 136 Å². The number of halogens is 1. The van der Waals surface area contributed by atoms with E-state index in [1.165, 1.54) is 5.56 Å². The highest BCUT2D eigenvalue weighted by atomic mass is 79.9. The summed E-state index contributed by atoms with van der Waals surface area (Å²) in [5.74, 6) is 0.921. The lowest BCUT2D eigenvalue weighted by Crippen LogP contribution is -2.08. The first-order valence-electron chi connectivity index (χ1n) is 7.16. The van der Waals surface area contributed by atoms with Gasteiger partial charge in [-0.1, -0.05) is 37.3 Å². The lowest BCUT2D eigenvalue weighted by atomic mass is 10.2. The largest absolute Gasteiger partial charge is 0.382 e. The highest BCUT2D eigenvalue weighted by molar-refractivity contribution is 9.10. The summed E-state index contributed by atoms with van der Waals surface area (Å²) in [5, 5.41) is 3.17. The fourth-order valence-electron chi connectivity index (χ4n) is 2.22. The third kappa shape index (κ3) is 2.89. The minimum Gasteiger partial charge on any atom is -0.382 e. The van der Waals surface area contributed by atoms with Crippen LogP contribution in [0.3, 0.4) is 0 Å². The summed E-state index contributed by atoms with van der Waals surface area (Å²) in [6.45, 7) is 3.56. The molecule has 0 aliphatic rings. The third-order valence-corrected chi connectivity index (χ3v) is 3.90. The first-order chi connectivity index (χ1) is 10.7. The molecule has 0 fully saturated rings. The third-order valence-electron chi connectivity index (χ3n) is 3.29. The first-order valence-corrected chi connectivity index (χ1v) is 7.95. The number of nitrogens with one attached hydrogen (secondary N) is 1. The average Bonchev–Trinajstić information content (AvgIpc) is 2.83. The molecule has 3 aromatic rings. The Morgan fingerprint density at radius 3 is 2.68 bits per heavy atom. The summed E-state index contributed by atoms with van der Waals surface area (Å²) in [6.07, 6.45) is 0.994. The molecule has 1 aromatic carbocycles. The van der Waals surface area contributed by atoms with E-state index in [1.54, 1.807) is 0 Å².